The molecule has 0 aliphatic heterocycles. The summed E-state index contributed by atoms with van der Waals surface area (Å²) in [4.78, 5) is 24.6. The molecular formula is C22H18O4. The highest BCUT2D eigenvalue weighted by Gasteiger charge is 2.14. The lowest BCUT2D eigenvalue weighted by Crippen LogP contribution is -2.12. The molecule has 3 rings (SSSR count). The Kier molecular flexibility index (Phi) is 5.13. The van der Waals surface area contributed by atoms with Crippen LogP contribution in [0.4, 0.5) is 0 Å². The smallest absolute Gasteiger partial charge is 0.343 e. The quantitative estimate of drug-likeness (QED) is 0.506. The standard InChI is InChI=1S/C22H18O4/c1-15-6-10-19(11-7-15)25-21(23)17-4-3-5-18(14-17)22(24)26-20-12-8-16(2)9-13-20/h3-14H,1-2H3. The van der Waals surface area contributed by atoms with Gasteiger partial charge in [-0.1, -0.05) is 41.5 Å². The summed E-state index contributed by atoms with van der Waals surface area (Å²) in [6, 6.07) is 20.6. The lowest BCUT2D eigenvalue weighted by Gasteiger charge is -2.07. The molecule has 0 heterocycles. The highest BCUT2D eigenvalue weighted by molar-refractivity contribution is 5.96. The third kappa shape index (κ3) is 4.36. The Morgan fingerprint density at radius 1 is 0.615 bits per heavy atom. The zero-order valence-electron chi connectivity index (χ0n) is 14.6. The van der Waals surface area contributed by atoms with Crippen LogP contribution in [0.25, 0.3) is 0 Å². The molecule has 3 aromatic carbocycles. The molecule has 0 N–H and O–H groups in total. The molecule has 0 aliphatic rings. The van der Waals surface area contributed by atoms with E-state index in [0.29, 0.717) is 11.5 Å². The van der Waals surface area contributed by atoms with Gasteiger partial charge in [0.1, 0.15) is 11.5 Å². The van der Waals surface area contributed by atoms with E-state index in [0.717, 1.165) is 11.1 Å². The van der Waals surface area contributed by atoms with Gasteiger partial charge in [-0.15, -0.1) is 0 Å². The first-order valence-electron chi connectivity index (χ1n) is 8.19. The van der Waals surface area contributed by atoms with Crippen LogP contribution in [0.3, 0.4) is 0 Å². The number of benzene rings is 3. The third-order valence-electron chi connectivity index (χ3n) is 3.80. The first-order valence-corrected chi connectivity index (χ1v) is 8.19. The zero-order chi connectivity index (χ0) is 18.5. The predicted octanol–water partition coefficient (Wildman–Crippen LogP) is 4.74. The summed E-state index contributed by atoms with van der Waals surface area (Å²) in [5.74, 6) is -0.154. The Bertz CT molecular complexity index is 850. The van der Waals surface area contributed by atoms with Crippen molar-refractivity contribution in [1.29, 1.82) is 0 Å². The number of carbonyl (C=O) groups excluding carboxylic acids is 2. The minimum Gasteiger partial charge on any atom is -0.423 e. The number of esters is 2. The van der Waals surface area contributed by atoms with Gasteiger partial charge in [0.15, 0.2) is 0 Å². The van der Waals surface area contributed by atoms with Crippen molar-refractivity contribution >= 4 is 11.9 Å². The van der Waals surface area contributed by atoms with Gasteiger partial charge in [0.2, 0.25) is 0 Å². The normalized spacial score (nSPS) is 10.2. The molecule has 0 aromatic heterocycles. The fourth-order valence-electron chi connectivity index (χ4n) is 2.32. The molecule has 0 aliphatic carbocycles. The first-order chi connectivity index (χ1) is 12.5. The average molecular weight is 346 g/mol. The van der Waals surface area contributed by atoms with Crippen LogP contribution in [-0.2, 0) is 0 Å². The topological polar surface area (TPSA) is 52.6 Å². The average Bonchev–Trinajstić information content (AvgIpc) is 2.65. The Labute approximate surface area is 152 Å². The molecule has 4 heteroatoms. The molecule has 26 heavy (non-hydrogen) atoms. The second kappa shape index (κ2) is 7.66. The van der Waals surface area contributed by atoms with Gasteiger partial charge in [0.05, 0.1) is 11.1 Å². The molecule has 4 nitrogen and oxygen atoms in total. The Morgan fingerprint density at radius 3 is 1.38 bits per heavy atom. The van der Waals surface area contributed by atoms with E-state index in [1.54, 1.807) is 42.5 Å². The van der Waals surface area contributed by atoms with Crippen molar-refractivity contribution in [2.45, 2.75) is 13.8 Å². The Morgan fingerprint density at radius 2 is 1.00 bits per heavy atom. The summed E-state index contributed by atoms with van der Waals surface area (Å²) in [5, 5.41) is 0. The Hall–Kier alpha value is -3.40. The molecule has 0 unspecified atom stereocenters. The molecule has 0 fully saturated rings. The largest absolute Gasteiger partial charge is 0.423 e. The van der Waals surface area contributed by atoms with E-state index in [2.05, 4.69) is 0 Å². The van der Waals surface area contributed by atoms with Gasteiger partial charge in [0.25, 0.3) is 0 Å². The monoisotopic (exact) mass is 346 g/mol. The van der Waals surface area contributed by atoms with Crippen molar-refractivity contribution in [1.82, 2.24) is 0 Å². The van der Waals surface area contributed by atoms with Crippen LogP contribution in [0.15, 0.2) is 72.8 Å². The molecule has 130 valence electrons. The van der Waals surface area contributed by atoms with E-state index < -0.39 is 11.9 Å². The van der Waals surface area contributed by atoms with E-state index in [4.69, 9.17) is 9.47 Å². The Balaban J connectivity index is 1.72. The number of rotatable bonds is 4. The van der Waals surface area contributed by atoms with Crippen LogP contribution in [-0.4, -0.2) is 11.9 Å². The van der Waals surface area contributed by atoms with Crippen LogP contribution >= 0.6 is 0 Å². The van der Waals surface area contributed by atoms with Gasteiger partial charge < -0.3 is 9.47 Å². The van der Waals surface area contributed by atoms with Gasteiger partial charge in [-0.3, -0.25) is 0 Å². The minimum absolute atomic E-state index is 0.281. The third-order valence-corrected chi connectivity index (χ3v) is 3.80. The van der Waals surface area contributed by atoms with Crippen molar-refractivity contribution in [2.24, 2.45) is 0 Å². The van der Waals surface area contributed by atoms with Crippen molar-refractivity contribution in [3.05, 3.63) is 95.1 Å². The first kappa shape index (κ1) is 17.4. The zero-order valence-corrected chi connectivity index (χ0v) is 14.6. The molecule has 0 amide bonds. The highest BCUT2D eigenvalue weighted by Crippen LogP contribution is 2.17. The molecule has 0 radical (unpaired) electrons. The number of aryl methyl sites for hydroxylation is 2. The van der Waals surface area contributed by atoms with Gasteiger partial charge in [-0.05, 0) is 56.3 Å². The fourth-order valence-corrected chi connectivity index (χ4v) is 2.32. The predicted molar refractivity (Wildman–Crippen MR) is 98.7 cm³/mol. The highest BCUT2D eigenvalue weighted by atomic mass is 16.5. The van der Waals surface area contributed by atoms with Crippen molar-refractivity contribution in [2.75, 3.05) is 0 Å². The molecule has 0 saturated carbocycles. The molecule has 0 spiro atoms. The second-order valence-electron chi connectivity index (χ2n) is 5.99. The molecule has 0 bridgehead atoms. The van der Waals surface area contributed by atoms with E-state index in [1.165, 1.54) is 6.07 Å². The van der Waals surface area contributed by atoms with Gasteiger partial charge in [-0.2, -0.15) is 0 Å². The number of ether oxygens (including phenoxy) is 2. The maximum absolute atomic E-state index is 12.3. The molecule has 0 saturated heterocycles. The van der Waals surface area contributed by atoms with Gasteiger partial charge >= 0.3 is 11.9 Å². The maximum atomic E-state index is 12.3. The van der Waals surface area contributed by atoms with E-state index >= 15 is 0 Å². The maximum Gasteiger partial charge on any atom is 0.343 e. The van der Waals surface area contributed by atoms with E-state index in [9.17, 15) is 9.59 Å². The second-order valence-corrected chi connectivity index (χ2v) is 5.99. The number of hydrogen-bond donors (Lipinski definition) is 0. The lowest BCUT2D eigenvalue weighted by atomic mass is 10.1. The summed E-state index contributed by atoms with van der Waals surface area (Å²) in [5.41, 5.74) is 2.71. The molecule has 3 aromatic rings. The van der Waals surface area contributed by atoms with Crippen molar-refractivity contribution < 1.29 is 19.1 Å². The number of carbonyl (C=O) groups is 2. The molecule has 0 atom stereocenters. The van der Waals surface area contributed by atoms with Crippen molar-refractivity contribution in [3.63, 3.8) is 0 Å². The van der Waals surface area contributed by atoms with Crippen molar-refractivity contribution in [3.8, 4) is 11.5 Å². The number of hydrogen-bond acceptors (Lipinski definition) is 4. The van der Waals surface area contributed by atoms with Crippen LogP contribution in [0, 0.1) is 13.8 Å². The van der Waals surface area contributed by atoms with Crippen LogP contribution in [0.2, 0.25) is 0 Å². The van der Waals surface area contributed by atoms with Crippen LogP contribution in [0.5, 0.6) is 11.5 Å². The van der Waals surface area contributed by atoms with Crippen LogP contribution < -0.4 is 9.47 Å². The minimum atomic E-state index is -0.529. The van der Waals surface area contributed by atoms with E-state index in [1.807, 2.05) is 38.1 Å². The van der Waals surface area contributed by atoms with Crippen LogP contribution in [0.1, 0.15) is 31.8 Å². The summed E-state index contributed by atoms with van der Waals surface area (Å²) >= 11 is 0. The fraction of sp³-hybridized carbons (Fsp3) is 0.0909. The van der Waals surface area contributed by atoms with E-state index in [-0.39, 0.29) is 11.1 Å². The summed E-state index contributed by atoms with van der Waals surface area (Å²) in [7, 11) is 0. The van der Waals surface area contributed by atoms with Gasteiger partial charge in [-0.25, -0.2) is 9.59 Å². The molecular weight excluding hydrogens is 328 g/mol. The summed E-state index contributed by atoms with van der Waals surface area (Å²) in [6.07, 6.45) is 0. The van der Waals surface area contributed by atoms with Gasteiger partial charge in [0, 0.05) is 0 Å². The SMILES string of the molecule is Cc1ccc(OC(=O)c2cccc(C(=O)Oc3ccc(C)cc3)c2)cc1. The lowest BCUT2D eigenvalue weighted by molar-refractivity contribution is 0.0734. The summed E-state index contributed by atoms with van der Waals surface area (Å²) < 4.78 is 10.7. The summed E-state index contributed by atoms with van der Waals surface area (Å²) in [6.45, 7) is 3.91.